The molecule has 4 rings (SSSR count). The van der Waals surface area contributed by atoms with Crippen LogP contribution in [0.1, 0.15) is 31.0 Å². The van der Waals surface area contributed by atoms with E-state index in [0.29, 0.717) is 61.0 Å². The molecule has 1 aromatic heterocycles. The van der Waals surface area contributed by atoms with Gasteiger partial charge in [0.05, 0.1) is 41.5 Å². The summed E-state index contributed by atoms with van der Waals surface area (Å²) < 4.78 is 24.1. The number of nitrogens with zero attached hydrogens (tertiary/aromatic N) is 2. The fourth-order valence-electron chi connectivity index (χ4n) is 4.11. The first-order valence-corrected chi connectivity index (χ1v) is 13.6. The van der Waals surface area contributed by atoms with Gasteiger partial charge < -0.3 is 18.9 Å². The second kappa shape index (κ2) is 12.5. The molecule has 0 radical (unpaired) electrons. The number of methoxy groups -OCH3 is 1. The van der Waals surface area contributed by atoms with Crippen LogP contribution in [-0.2, 0) is 9.53 Å². The van der Waals surface area contributed by atoms with Crippen LogP contribution in [0.2, 0.25) is 10.0 Å². The SMILES string of the molecule is C=CCOc1c(Cl)cc(Cl)cc1/C=c1/sc2n(c1=O)[C@H](c1ccc(OCC)c(OCC)c1)C(C(=O)OC)=CN=2. The molecule has 0 N–H and O–H groups in total. The largest absolute Gasteiger partial charge is 0.490 e. The first-order valence-electron chi connectivity index (χ1n) is 12.0. The van der Waals surface area contributed by atoms with Gasteiger partial charge in [0.2, 0.25) is 0 Å². The lowest BCUT2D eigenvalue weighted by Crippen LogP contribution is -2.39. The summed E-state index contributed by atoms with van der Waals surface area (Å²) in [5, 5.41) is 0.681. The van der Waals surface area contributed by atoms with Gasteiger partial charge in [-0.1, -0.05) is 53.3 Å². The fraction of sp³-hybridized carbons (Fsp3) is 0.250. The summed E-state index contributed by atoms with van der Waals surface area (Å²) in [6, 6.07) is 7.70. The van der Waals surface area contributed by atoms with E-state index in [2.05, 4.69) is 11.6 Å². The Kier molecular flexibility index (Phi) is 9.16. The summed E-state index contributed by atoms with van der Waals surface area (Å²) in [7, 11) is 1.28. The van der Waals surface area contributed by atoms with Gasteiger partial charge in [0.15, 0.2) is 16.3 Å². The van der Waals surface area contributed by atoms with Gasteiger partial charge in [-0.25, -0.2) is 9.79 Å². The van der Waals surface area contributed by atoms with E-state index in [9.17, 15) is 9.59 Å². The summed E-state index contributed by atoms with van der Waals surface area (Å²) in [5.74, 6) is 0.819. The molecule has 0 fully saturated rings. The van der Waals surface area contributed by atoms with E-state index < -0.39 is 12.0 Å². The number of ether oxygens (including phenoxy) is 4. The van der Waals surface area contributed by atoms with E-state index in [1.807, 2.05) is 13.8 Å². The Morgan fingerprint density at radius 3 is 2.56 bits per heavy atom. The molecule has 0 aliphatic carbocycles. The van der Waals surface area contributed by atoms with Crippen LogP contribution in [0.25, 0.3) is 6.08 Å². The van der Waals surface area contributed by atoms with Crippen LogP contribution in [0, 0.1) is 0 Å². The molecule has 204 valence electrons. The van der Waals surface area contributed by atoms with Gasteiger partial charge in [0.25, 0.3) is 5.56 Å². The van der Waals surface area contributed by atoms with Crippen LogP contribution in [-0.4, -0.2) is 37.5 Å². The van der Waals surface area contributed by atoms with Crippen LogP contribution < -0.4 is 29.1 Å². The molecule has 0 saturated carbocycles. The zero-order chi connectivity index (χ0) is 28.1. The number of hydrogen-bond donors (Lipinski definition) is 0. The summed E-state index contributed by atoms with van der Waals surface area (Å²) >= 11 is 13.8. The Bertz CT molecular complexity index is 1630. The predicted octanol–water partition coefficient (Wildman–Crippen LogP) is 4.69. The van der Waals surface area contributed by atoms with Crippen LogP contribution >= 0.6 is 34.5 Å². The fourth-order valence-corrected chi connectivity index (χ4v) is 5.63. The lowest BCUT2D eigenvalue weighted by atomic mass is 9.97. The number of benzene rings is 2. The number of esters is 1. The lowest BCUT2D eigenvalue weighted by Gasteiger charge is -2.23. The van der Waals surface area contributed by atoms with E-state index in [0.717, 1.165) is 11.3 Å². The van der Waals surface area contributed by atoms with E-state index in [1.165, 1.54) is 17.9 Å². The van der Waals surface area contributed by atoms with E-state index in [4.69, 9.17) is 42.1 Å². The van der Waals surface area contributed by atoms with E-state index in [-0.39, 0.29) is 17.7 Å². The van der Waals surface area contributed by atoms with Gasteiger partial charge in [0.1, 0.15) is 12.4 Å². The number of carbonyl (C=O) groups excluding carboxylic acids is 1. The van der Waals surface area contributed by atoms with Crippen molar-refractivity contribution >= 4 is 46.6 Å². The maximum Gasteiger partial charge on any atom is 0.337 e. The Morgan fingerprint density at radius 1 is 1.13 bits per heavy atom. The van der Waals surface area contributed by atoms with E-state index >= 15 is 0 Å². The number of carbonyl (C=O) groups is 1. The number of aromatic nitrogens is 1. The summed E-state index contributed by atoms with van der Waals surface area (Å²) in [6.07, 6.45) is 4.66. The van der Waals surface area contributed by atoms with Crippen molar-refractivity contribution in [1.29, 1.82) is 0 Å². The minimum absolute atomic E-state index is 0.198. The Morgan fingerprint density at radius 2 is 1.87 bits per heavy atom. The summed E-state index contributed by atoms with van der Waals surface area (Å²) in [4.78, 5) is 31.4. The van der Waals surface area contributed by atoms with Gasteiger partial charge in [-0.3, -0.25) is 9.36 Å². The van der Waals surface area contributed by atoms with Crippen LogP contribution in [0.15, 0.2) is 64.5 Å². The first-order chi connectivity index (χ1) is 18.8. The molecule has 1 aliphatic heterocycles. The van der Waals surface area contributed by atoms with Crippen molar-refractivity contribution in [3.8, 4) is 17.2 Å². The van der Waals surface area contributed by atoms with Gasteiger partial charge in [-0.2, -0.15) is 0 Å². The average molecular weight is 589 g/mol. The molecule has 39 heavy (non-hydrogen) atoms. The number of halogens is 2. The Labute approximate surface area is 239 Å². The highest BCUT2D eigenvalue weighted by Gasteiger charge is 2.31. The molecular weight excluding hydrogens is 563 g/mol. The third-order valence-corrected chi connectivity index (χ3v) is 7.17. The smallest absolute Gasteiger partial charge is 0.337 e. The highest BCUT2D eigenvalue weighted by atomic mass is 35.5. The summed E-state index contributed by atoms with van der Waals surface area (Å²) in [6.45, 7) is 8.48. The van der Waals surface area contributed by atoms with E-state index in [1.54, 1.807) is 42.5 Å². The minimum Gasteiger partial charge on any atom is -0.490 e. The molecule has 0 saturated heterocycles. The highest BCUT2D eigenvalue weighted by molar-refractivity contribution is 7.07. The molecule has 0 bridgehead atoms. The van der Waals surface area contributed by atoms with Crippen molar-refractivity contribution in [2.75, 3.05) is 26.9 Å². The monoisotopic (exact) mass is 588 g/mol. The second-order valence-electron chi connectivity index (χ2n) is 8.15. The third-order valence-electron chi connectivity index (χ3n) is 5.68. The topological polar surface area (TPSA) is 88.3 Å². The zero-order valence-electron chi connectivity index (χ0n) is 21.5. The van der Waals surface area contributed by atoms with Crippen molar-refractivity contribution < 1.29 is 23.7 Å². The van der Waals surface area contributed by atoms with Gasteiger partial charge in [0, 0.05) is 16.8 Å². The third kappa shape index (κ3) is 5.90. The average Bonchev–Trinajstić information content (AvgIpc) is 3.23. The Balaban J connectivity index is 1.93. The van der Waals surface area contributed by atoms with Crippen molar-refractivity contribution in [3.63, 3.8) is 0 Å². The standard InChI is InChI=1S/C28H26Cl2N2O6S/c1-5-10-38-25-17(11-18(29)14-20(25)30)13-23-26(33)32-24(19(27(34)35-4)15-31-28(32)39-23)16-8-9-21(36-6-2)22(12-16)37-7-3/h5,8-9,11-15,24H,1,6-7,10H2,2-4H3/b23-13+/t24-/m1/s1. The molecule has 11 heteroatoms. The highest BCUT2D eigenvalue weighted by Crippen LogP contribution is 2.35. The lowest BCUT2D eigenvalue weighted by molar-refractivity contribution is -0.136. The minimum atomic E-state index is -0.815. The quantitative estimate of drug-likeness (QED) is 0.252. The molecule has 2 aromatic carbocycles. The molecule has 8 nitrogen and oxygen atoms in total. The molecule has 0 unspecified atom stereocenters. The van der Waals surface area contributed by atoms with Crippen LogP contribution in [0.4, 0.5) is 0 Å². The van der Waals surface area contributed by atoms with Crippen molar-refractivity contribution in [2.45, 2.75) is 19.9 Å². The number of hydrogen-bond acceptors (Lipinski definition) is 8. The first kappa shape index (κ1) is 28.5. The molecule has 0 amide bonds. The van der Waals surface area contributed by atoms with Crippen LogP contribution in [0.3, 0.4) is 0 Å². The molecule has 1 aliphatic rings. The van der Waals surface area contributed by atoms with Crippen molar-refractivity contribution in [2.24, 2.45) is 4.99 Å². The molecule has 2 heterocycles. The van der Waals surface area contributed by atoms with Gasteiger partial charge >= 0.3 is 5.97 Å². The normalized spacial score (nSPS) is 14.6. The maximum absolute atomic E-state index is 13.9. The molecule has 0 spiro atoms. The van der Waals surface area contributed by atoms with Gasteiger partial charge in [-0.05, 0) is 49.8 Å². The maximum atomic E-state index is 13.9. The molecule has 3 aromatic rings. The summed E-state index contributed by atoms with van der Waals surface area (Å²) in [5.41, 5.74) is 0.977. The van der Waals surface area contributed by atoms with Crippen molar-refractivity contribution in [1.82, 2.24) is 4.57 Å². The van der Waals surface area contributed by atoms with Gasteiger partial charge in [-0.15, -0.1) is 0 Å². The zero-order valence-corrected chi connectivity index (χ0v) is 23.9. The van der Waals surface area contributed by atoms with Crippen molar-refractivity contribution in [3.05, 3.63) is 95.6 Å². The predicted molar refractivity (Wildman–Crippen MR) is 152 cm³/mol. The molecule has 1 atom stereocenters. The number of thiazole rings is 1. The number of fused-ring (bicyclic) bond motifs is 1. The number of rotatable bonds is 10. The molecular formula is C28H26Cl2N2O6S. The Hall–Kier alpha value is -3.53. The second-order valence-corrected chi connectivity index (χ2v) is 10.0. The van der Waals surface area contributed by atoms with Crippen LogP contribution in [0.5, 0.6) is 17.2 Å².